The van der Waals surface area contributed by atoms with E-state index in [0.717, 1.165) is 6.07 Å². The summed E-state index contributed by atoms with van der Waals surface area (Å²) < 4.78 is 32.4. The maximum Gasteiger partial charge on any atom is 0.336 e. The van der Waals surface area contributed by atoms with Crippen molar-refractivity contribution >= 4 is 21.9 Å². The summed E-state index contributed by atoms with van der Waals surface area (Å²) >= 11 is 0. The van der Waals surface area contributed by atoms with Crippen LogP contribution in [0.5, 0.6) is 6.01 Å². The molecule has 0 unspecified atom stereocenters. The van der Waals surface area contributed by atoms with E-state index in [-0.39, 0.29) is 22.5 Å². The Kier molecular flexibility index (Phi) is 3.36. The Balaban J connectivity index is 2.30. The van der Waals surface area contributed by atoms with Crippen molar-refractivity contribution in [2.45, 2.75) is 4.90 Å². The third kappa shape index (κ3) is 2.56. The van der Waals surface area contributed by atoms with E-state index in [0.29, 0.717) is 0 Å². The Hall–Kier alpha value is -2.56. The largest absolute Gasteiger partial charge is 0.466 e. The first-order chi connectivity index (χ1) is 9.33. The molecule has 0 spiro atoms. The van der Waals surface area contributed by atoms with Gasteiger partial charge in [-0.1, -0.05) is 0 Å². The molecule has 20 heavy (non-hydrogen) atoms. The molecule has 0 aliphatic rings. The van der Waals surface area contributed by atoms with Crippen LogP contribution in [0.2, 0.25) is 0 Å². The van der Waals surface area contributed by atoms with Crippen LogP contribution in [0, 0.1) is 0 Å². The minimum atomic E-state index is -3.91. The number of sulfonamides is 1. The highest BCUT2D eigenvalue weighted by molar-refractivity contribution is 7.92. The van der Waals surface area contributed by atoms with Crippen molar-refractivity contribution < 1.29 is 17.9 Å². The molecule has 0 aromatic carbocycles. The van der Waals surface area contributed by atoms with Crippen LogP contribution in [0.15, 0.2) is 17.2 Å². The summed E-state index contributed by atoms with van der Waals surface area (Å²) in [6.45, 7) is 0. The van der Waals surface area contributed by atoms with E-state index in [9.17, 15) is 13.2 Å². The molecule has 1 amide bonds. The van der Waals surface area contributed by atoms with Gasteiger partial charge in [-0.3, -0.25) is 4.79 Å². The summed E-state index contributed by atoms with van der Waals surface area (Å²) in [6.07, 6.45) is 1.26. The van der Waals surface area contributed by atoms with Crippen molar-refractivity contribution in [1.82, 2.24) is 19.7 Å². The second kappa shape index (κ2) is 4.85. The number of aryl methyl sites for hydroxylation is 1. The van der Waals surface area contributed by atoms with Gasteiger partial charge in [0.05, 0.1) is 7.11 Å². The molecule has 10 nitrogen and oxygen atoms in total. The minimum Gasteiger partial charge on any atom is -0.466 e. The number of aromatic nitrogens is 4. The maximum atomic E-state index is 12.1. The number of carbonyl (C=O) groups excluding carboxylic acids is 1. The second-order valence-corrected chi connectivity index (χ2v) is 5.49. The molecule has 0 aliphatic carbocycles. The van der Waals surface area contributed by atoms with Crippen molar-refractivity contribution in [3.8, 4) is 6.01 Å². The molecule has 0 saturated carbocycles. The molecular formula is C9H12N6O4S. The van der Waals surface area contributed by atoms with E-state index in [1.165, 1.54) is 24.9 Å². The van der Waals surface area contributed by atoms with Gasteiger partial charge in [0, 0.05) is 13.2 Å². The number of amides is 1. The summed E-state index contributed by atoms with van der Waals surface area (Å²) in [5.74, 6) is -0.832. The number of rotatable bonds is 5. The fraction of sp³-hybridized carbons (Fsp3) is 0.222. The van der Waals surface area contributed by atoms with Crippen LogP contribution >= 0.6 is 0 Å². The Morgan fingerprint density at radius 2 is 2.25 bits per heavy atom. The molecular weight excluding hydrogens is 288 g/mol. The molecule has 2 heterocycles. The predicted octanol–water partition coefficient (Wildman–Crippen LogP) is -0.949. The quantitative estimate of drug-likeness (QED) is 0.649. The van der Waals surface area contributed by atoms with Crippen LogP contribution in [-0.2, 0) is 17.1 Å². The molecule has 4 N–H and O–H groups in total. The maximum absolute atomic E-state index is 12.1. The average molecular weight is 300 g/mol. The van der Waals surface area contributed by atoms with Crippen molar-refractivity contribution in [2.24, 2.45) is 12.8 Å². The van der Waals surface area contributed by atoms with Crippen LogP contribution in [0.4, 0.5) is 5.95 Å². The van der Waals surface area contributed by atoms with Crippen molar-refractivity contribution in [2.75, 3.05) is 11.8 Å². The van der Waals surface area contributed by atoms with Gasteiger partial charge in [0.15, 0.2) is 0 Å². The molecule has 108 valence electrons. The molecule has 11 heteroatoms. The fourth-order valence-corrected chi connectivity index (χ4v) is 2.52. The number of nitrogens with two attached hydrogens (primary N) is 1. The SMILES string of the molecule is COc1n[nH]c(NS(=O)(=O)c2cc(C(N)=O)n(C)c2)n1. The first-order valence-electron chi connectivity index (χ1n) is 5.29. The monoisotopic (exact) mass is 300 g/mol. The summed E-state index contributed by atoms with van der Waals surface area (Å²) in [4.78, 5) is 14.7. The van der Waals surface area contributed by atoms with Gasteiger partial charge in [-0.15, -0.1) is 5.10 Å². The highest BCUT2D eigenvalue weighted by Crippen LogP contribution is 2.16. The topological polar surface area (TPSA) is 145 Å². The zero-order chi connectivity index (χ0) is 14.9. The van der Waals surface area contributed by atoms with Crippen LogP contribution in [0.25, 0.3) is 0 Å². The van der Waals surface area contributed by atoms with Crippen molar-refractivity contribution in [3.05, 3.63) is 18.0 Å². The average Bonchev–Trinajstić information content (AvgIpc) is 2.95. The van der Waals surface area contributed by atoms with Gasteiger partial charge in [0.2, 0.25) is 5.95 Å². The van der Waals surface area contributed by atoms with Gasteiger partial charge >= 0.3 is 6.01 Å². The lowest BCUT2D eigenvalue weighted by molar-refractivity contribution is 0.0992. The van der Waals surface area contributed by atoms with Crippen LogP contribution in [-0.4, -0.2) is 41.2 Å². The third-order valence-electron chi connectivity index (χ3n) is 2.42. The number of carbonyl (C=O) groups is 1. The van der Waals surface area contributed by atoms with Gasteiger partial charge in [-0.05, 0) is 6.07 Å². The van der Waals surface area contributed by atoms with Gasteiger partial charge in [0.1, 0.15) is 10.6 Å². The lowest BCUT2D eigenvalue weighted by Crippen LogP contribution is -2.14. The lowest BCUT2D eigenvalue weighted by Gasteiger charge is -2.01. The van der Waals surface area contributed by atoms with Gasteiger partial charge < -0.3 is 15.0 Å². The number of nitrogens with zero attached hydrogens (tertiary/aromatic N) is 3. The number of nitrogens with one attached hydrogen (secondary N) is 2. The Morgan fingerprint density at radius 3 is 2.75 bits per heavy atom. The number of ether oxygens (including phenoxy) is 1. The van der Waals surface area contributed by atoms with Crippen LogP contribution in [0.3, 0.4) is 0 Å². The molecule has 0 fully saturated rings. The molecule has 2 aromatic rings. The molecule has 0 atom stereocenters. The first-order valence-corrected chi connectivity index (χ1v) is 6.77. The molecule has 0 aliphatic heterocycles. The normalized spacial score (nSPS) is 11.3. The van der Waals surface area contributed by atoms with E-state index in [1.807, 2.05) is 0 Å². The molecule has 0 saturated heterocycles. The molecule has 2 aromatic heterocycles. The van der Waals surface area contributed by atoms with E-state index in [4.69, 9.17) is 10.5 Å². The Bertz CT molecular complexity index is 746. The summed E-state index contributed by atoms with van der Waals surface area (Å²) in [5.41, 5.74) is 5.20. The number of methoxy groups -OCH3 is 1. The third-order valence-corrected chi connectivity index (χ3v) is 3.73. The molecule has 0 bridgehead atoms. The molecule has 2 rings (SSSR count). The number of primary amides is 1. The van der Waals surface area contributed by atoms with E-state index in [2.05, 4.69) is 19.9 Å². The highest BCUT2D eigenvalue weighted by Gasteiger charge is 2.21. The number of anilines is 1. The summed E-state index contributed by atoms with van der Waals surface area (Å²) in [7, 11) is -1.06. The van der Waals surface area contributed by atoms with Gasteiger partial charge in [-0.2, -0.15) is 4.98 Å². The number of aromatic amines is 1. The zero-order valence-corrected chi connectivity index (χ0v) is 11.4. The van der Waals surface area contributed by atoms with Crippen molar-refractivity contribution in [1.29, 1.82) is 0 Å². The zero-order valence-electron chi connectivity index (χ0n) is 10.6. The van der Waals surface area contributed by atoms with E-state index >= 15 is 0 Å². The number of hydrogen-bond acceptors (Lipinski definition) is 6. The second-order valence-electron chi connectivity index (χ2n) is 3.81. The van der Waals surface area contributed by atoms with E-state index < -0.39 is 15.9 Å². The van der Waals surface area contributed by atoms with Crippen molar-refractivity contribution in [3.63, 3.8) is 0 Å². The van der Waals surface area contributed by atoms with E-state index in [1.54, 1.807) is 0 Å². The Morgan fingerprint density at radius 1 is 1.55 bits per heavy atom. The standard InChI is InChI=1S/C9H12N6O4S/c1-15-4-5(3-6(15)7(10)16)20(17,18)14-8-11-9(19-2)13-12-8/h3-4H,1-2H3,(H2,10,16)(H2,11,12,13,14). The summed E-state index contributed by atoms with van der Waals surface area (Å²) in [6, 6.07) is 1.16. The lowest BCUT2D eigenvalue weighted by atomic mass is 10.4. The summed E-state index contributed by atoms with van der Waals surface area (Å²) in [5, 5.41) is 5.95. The smallest absolute Gasteiger partial charge is 0.336 e. The van der Waals surface area contributed by atoms with Gasteiger partial charge in [0.25, 0.3) is 15.9 Å². The van der Waals surface area contributed by atoms with Gasteiger partial charge in [-0.25, -0.2) is 18.2 Å². The highest BCUT2D eigenvalue weighted by atomic mass is 32.2. The number of hydrogen-bond donors (Lipinski definition) is 3. The fourth-order valence-electron chi connectivity index (χ4n) is 1.50. The van der Waals surface area contributed by atoms with Crippen LogP contribution < -0.4 is 15.2 Å². The predicted molar refractivity (Wildman–Crippen MR) is 67.7 cm³/mol. The Labute approximate surface area is 114 Å². The molecule has 0 radical (unpaired) electrons. The van der Waals surface area contributed by atoms with Crippen LogP contribution in [0.1, 0.15) is 10.5 Å². The number of H-pyrrole nitrogens is 1. The minimum absolute atomic E-state index is 0.00594. The first kappa shape index (κ1) is 13.9.